The predicted octanol–water partition coefficient (Wildman–Crippen LogP) is 3.50. The molecule has 156 valence electrons. The van der Waals surface area contributed by atoms with Crippen molar-refractivity contribution in [2.45, 2.75) is 57.4 Å². The molecule has 3 rings (SSSR count). The number of nitrogens with two attached hydrogens (primary N) is 1. The molecule has 2 fully saturated rings. The number of halogens is 3. The molecule has 1 amide bonds. The van der Waals surface area contributed by atoms with Gasteiger partial charge in [0.05, 0.1) is 11.6 Å². The Morgan fingerprint density at radius 1 is 1.32 bits per heavy atom. The first-order chi connectivity index (χ1) is 13.2. The van der Waals surface area contributed by atoms with E-state index in [2.05, 4.69) is 4.90 Å². The Morgan fingerprint density at radius 3 is 2.75 bits per heavy atom. The summed E-state index contributed by atoms with van der Waals surface area (Å²) in [6.07, 6.45) is -0.722. The second-order valence-electron chi connectivity index (χ2n) is 8.31. The number of nitrogens with zero attached hydrogens (tertiary/aromatic N) is 2. The SMILES string of the molecule is CCC[C@H](N)C(=O)N(C)[C@H]1CC[C@@H]2CN(Cc3cccc(C(F)(F)F)c3)C[C@@H]21. The lowest BCUT2D eigenvalue weighted by Crippen LogP contribution is -2.48. The van der Waals surface area contributed by atoms with E-state index in [1.54, 1.807) is 6.07 Å². The molecule has 1 saturated carbocycles. The molecule has 0 aromatic heterocycles. The fourth-order valence-corrected chi connectivity index (χ4v) is 4.90. The highest BCUT2D eigenvalue weighted by Gasteiger charge is 2.45. The van der Waals surface area contributed by atoms with Gasteiger partial charge < -0.3 is 10.6 Å². The summed E-state index contributed by atoms with van der Waals surface area (Å²) < 4.78 is 38.8. The monoisotopic (exact) mass is 397 g/mol. The molecule has 2 N–H and O–H groups in total. The quantitative estimate of drug-likeness (QED) is 0.799. The van der Waals surface area contributed by atoms with E-state index in [1.807, 2.05) is 18.9 Å². The van der Waals surface area contributed by atoms with Crippen LogP contribution in [0.25, 0.3) is 0 Å². The minimum Gasteiger partial charge on any atom is -0.341 e. The summed E-state index contributed by atoms with van der Waals surface area (Å²) in [5.41, 5.74) is 6.10. The molecule has 2 aliphatic rings. The van der Waals surface area contributed by atoms with Crippen molar-refractivity contribution in [2.75, 3.05) is 20.1 Å². The smallest absolute Gasteiger partial charge is 0.341 e. The Balaban J connectivity index is 1.62. The average Bonchev–Trinajstić information content (AvgIpc) is 3.20. The minimum atomic E-state index is -4.32. The molecule has 1 saturated heterocycles. The summed E-state index contributed by atoms with van der Waals surface area (Å²) in [7, 11) is 1.85. The number of benzene rings is 1. The van der Waals surface area contributed by atoms with E-state index in [4.69, 9.17) is 5.73 Å². The van der Waals surface area contributed by atoms with Crippen molar-refractivity contribution >= 4 is 5.91 Å². The lowest BCUT2D eigenvalue weighted by molar-refractivity contribution is -0.137. The first-order valence-corrected chi connectivity index (χ1v) is 10.1. The van der Waals surface area contributed by atoms with Crippen LogP contribution in [0.3, 0.4) is 0 Å². The topological polar surface area (TPSA) is 49.6 Å². The van der Waals surface area contributed by atoms with Crippen LogP contribution in [0.15, 0.2) is 24.3 Å². The van der Waals surface area contributed by atoms with Gasteiger partial charge >= 0.3 is 6.18 Å². The molecule has 1 aromatic rings. The van der Waals surface area contributed by atoms with E-state index in [0.717, 1.165) is 38.4 Å². The first kappa shape index (κ1) is 21.1. The number of likely N-dealkylation sites (tertiary alicyclic amines) is 1. The van der Waals surface area contributed by atoms with Gasteiger partial charge in [-0.15, -0.1) is 0 Å². The van der Waals surface area contributed by atoms with Crippen molar-refractivity contribution in [3.63, 3.8) is 0 Å². The van der Waals surface area contributed by atoms with Crippen LogP contribution < -0.4 is 5.73 Å². The molecule has 7 heteroatoms. The largest absolute Gasteiger partial charge is 0.416 e. The van der Waals surface area contributed by atoms with Gasteiger partial charge in [-0.25, -0.2) is 0 Å². The van der Waals surface area contributed by atoms with Crippen molar-refractivity contribution in [1.29, 1.82) is 0 Å². The number of rotatable bonds is 6. The van der Waals surface area contributed by atoms with Gasteiger partial charge in [0, 0.05) is 32.7 Å². The molecule has 1 aromatic carbocycles. The Bertz CT molecular complexity index is 694. The summed E-state index contributed by atoms with van der Waals surface area (Å²) in [6.45, 7) is 4.21. The number of alkyl halides is 3. The number of carbonyl (C=O) groups is 1. The van der Waals surface area contributed by atoms with Crippen LogP contribution in [-0.2, 0) is 17.5 Å². The highest BCUT2D eigenvalue weighted by molar-refractivity contribution is 5.81. The maximum Gasteiger partial charge on any atom is 0.416 e. The zero-order valence-electron chi connectivity index (χ0n) is 16.6. The average molecular weight is 397 g/mol. The highest BCUT2D eigenvalue weighted by Crippen LogP contribution is 2.41. The van der Waals surface area contributed by atoms with E-state index in [-0.39, 0.29) is 11.9 Å². The van der Waals surface area contributed by atoms with Gasteiger partial charge in [-0.2, -0.15) is 13.2 Å². The second-order valence-corrected chi connectivity index (χ2v) is 8.31. The molecule has 1 aliphatic heterocycles. The van der Waals surface area contributed by atoms with Crippen molar-refractivity contribution in [1.82, 2.24) is 9.80 Å². The number of hydrogen-bond acceptors (Lipinski definition) is 3. The molecule has 4 atom stereocenters. The number of likely N-dealkylation sites (N-methyl/N-ethyl adjacent to an activating group) is 1. The molecule has 4 nitrogen and oxygen atoms in total. The van der Waals surface area contributed by atoms with Crippen LogP contribution in [0.5, 0.6) is 0 Å². The zero-order valence-corrected chi connectivity index (χ0v) is 16.6. The van der Waals surface area contributed by atoms with Crippen LogP contribution in [-0.4, -0.2) is 47.9 Å². The second kappa shape index (κ2) is 8.41. The molecule has 1 heterocycles. The van der Waals surface area contributed by atoms with Crippen LogP contribution in [0, 0.1) is 11.8 Å². The van der Waals surface area contributed by atoms with E-state index < -0.39 is 17.8 Å². The molecule has 0 unspecified atom stereocenters. The lowest BCUT2D eigenvalue weighted by Gasteiger charge is -2.31. The van der Waals surface area contributed by atoms with E-state index in [9.17, 15) is 18.0 Å². The summed E-state index contributed by atoms with van der Waals surface area (Å²) in [5.74, 6) is 0.867. The van der Waals surface area contributed by atoms with Gasteiger partial charge in [0.15, 0.2) is 0 Å². The fourth-order valence-electron chi connectivity index (χ4n) is 4.90. The Morgan fingerprint density at radius 2 is 2.07 bits per heavy atom. The standard InChI is InChI=1S/C21H30F3N3O/c1-3-5-18(25)20(28)26(2)19-9-8-15-12-27(13-17(15)19)11-14-6-4-7-16(10-14)21(22,23)24/h4,6-7,10,15,17-19H,3,5,8-9,11-13,25H2,1-2H3/t15-,17+,18+,19+/m1/s1. The summed E-state index contributed by atoms with van der Waals surface area (Å²) in [6, 6.07) is 5.30. The Labute approximate surface area is 164 Å². The number of amides is 1. The molecular weight excluding hydrogens is 367 g/mol. The van der Waals surface area contributed by atoms with Crippen molar-refractivity contribution in [2.24, 2.45) is 17.6 Å². The first-order valence-electron chi connectivity index (χ1n) is 10.1. The van der Waals surface area contributed by atoms with Gasteiger partial charge in [0.2, 0.25) is 5.91 Å². The van der Waals surface area contributed by atoms with Crippen LogP contribution in [0.4, 0.5) is 13.2 Å². The molecule has 0 spiro atoms. The fraction of sp³-hybridized carbons (Fsp3) is 0.667. The van der Waals surface area contributed by atoms with Crippen LogP contribution in [0.1, 0.15) is 43.7 Å². The van der Waals surface area contributed by atoms with Crippen LogP contribution >= 0.6 is 0 Å². The van der Waals surface area contributed by atoms with Gasteiger partial charge in [-0.1, -0.05) is 31.5 Å². The van der Waals surface area contributed by atoms with Crippen molar-refractivity contribution in [3.8, 4) is 0 Å². The Hall–Kier alpha value is -1.60. The third kappa shape index (κ3) is 4.51. The van der Waals surface area contributed by atoms with Crippen LogP contribution in [0.2, 0.25) is 0 Å². The number of fused-ring (bicyclic) bond motifs is 1. The van der Waals surface area contributed by atoms with Gasteiger partial charge in [0.1, 0.15) is 0 Å². The third-order valence-corrected chi connectivity index (χ3v) is 6.32. The van der Waals surface area contributed by atoms with Gasteiger partial charge in [-0.05, 0) is 42.7 Å². The maximum atomic E-state index is 12.9. The third-order valence-electron chi connectivity index (χ3n) is 6.32. The van der Waals surface area contributed by atoms with Gasteiger partial charge in [-0.3, -0.25) is 9.69 Å². The van der Waals surface area contributed by atoms with E-state index >= 15 is 0 Å². The van der Waals surface area contributed by atoms with Crippen molar-refractivity contribution in [3.05, 3.63) is 35.4 Å². The number of hydrogen-bond donors (Lipinski definition) is 1. The lowest BCUT2D eigenvalue weighted by atomic mass is 9.96. The normalized spacial score (nSPS) is 26.3. The summed E-state index contributed by atoms with van der Waals surface area (Å²) >= 11 is 0. The molecule has 0 radical (unpaired) electrons. The zero-order chi connectivity index (χ0) is 20.5. The van der Waals surface area contributed by atoms with Crippen molar-refractivity contribution < 1.29 is 18.0 Å². The van der Waals surface area contributed by atoms with Gasteiger partial charge in [0.25, 0.3) is 0 Å². The Kier molecular flexibility index (Phi) is 6.34. The molecule has 1 aliphatic carbocycles. The summed E-state index contributed by atoms with van der Waals surface area (Å²) in [5, 5.41) is 0. The number of carbonyl (C=O) groups excluding carboxylic acids is 1. The predicted molar refractivity (Wildman–Crippen MR) is 102 cm³/mol. The summed E-state index contributed by atoms with van der Waals surface area (Å²) in [4.78, 5) is 16.6. The maximum absolute atomic E-state index is 12.9. The molecule has 28 heavy (non-hydrogen) atoms. The highest BCUT2D eigenvalue weighted by atomic mass is 19.4. The molecule has 0 bridgehead atoms. The molecular formula is C21H30F3N3O. The minimum absolute atomic E-state index is 0.00354. The van der Waals surface area contributed by atoms with E-state index in [0.29, 0.717) is 30.4 Å². The van der Waals surface area contributed by atoms with E-state index in [1.165, 1.54) is 12.1 Å².